The van der Waals surface area contributed by atoms with E-state index in [4.69, 9.17) is 21.1 Å². The van der Waals surface area contributed by atoms with E-state index in [1.54, 1.807) is 0 Å². The topological polar surface area (TPSA) is 83.8 Å². The van der Waals surface area contributed by atoms with Crippen LogP contribution in [-0.2, 0) is 9.47 Å². The average Bonchev–Trinajstić information content (AvgIpc) is 2.53. The van der Waals surface area contributed by atoms with Crippen molar-refractivity contribution in [2.45, 2.75) is 25.4 Å². The lowest BCUT2D eigenvalue weighted by molar-refractivity contribution is 0.0631. The Balaban J connectivity index is 1.92. The van der Waals surface area contributed by atoms with E-state index in [0.717, 1.165) is 0 Å². The molecular weight excluding hydrogens is 322 g/mol. The smallest absolute Gasteiger partial charge is 0.232 e. The predicted molar refractivity (Wildman–Crippen MR) is 86.1 cm³/mol. The molecule has 0 amide bonds. The molecule has 23 heavy (non-hydrogen) atoms. The van der Waals surface area contributed by atoms with E-state index in [1.165, 1.54) is 0 Å². The number of aliphatic hydroxyl groups is 1. The van der Waals surface area contributed by atoms with Crippen LogP contribution in [0.1, 0.15) is 13.8 Å². The fourth-order valence-electron chi connectivity index (χ4n) is 2.88. The Morgan fingerprint density at radius 3 is 2.65 bits per heavy atom. The first-order valence-corrected chi connectivity index (χ1v) is 8.11. The Bertz CT molecular complexity index is 559. The van der Waals surface area contributed by atoms with Crippen molar-refractivity contribution in [2.75, 3.05) is 55.9 Å². The maximum absolute atomic E-state index is 9.54. The number of ether oxygens (including phenoxy) is 2. The van der Waals surface area contributed by atoms with Crippen LogP contribution in [0.2, 0.25) is 5.28 Å². The maximum atomic E-state index is 9.54. The van der Waals surface area contributed by atoms with Gasteiger partial charge in [0, 0.05) is 13.1 Å². The van der Waals surface area contributed by atoms with Gasteiger partial charge >= 0.3 is 0 Å². The third kappa shape index (κ3) is 3.50. The quantitative estimate of drug-likeness (QED) is 0.841. The van der Waals surface area contributed by atoms with Gasteiger partial charge in [-0.15, -0.1) is 0 Å². The summed E-state index contributed by atoms with van der Waals surface area (Å²) in [6.45, 7) is 7.67. The van der Waals surface area contributed by atoms with E-state index in [2.05, 4.69) is 33.7 Å². The molecule has 128 valence electrons. The Hall–Kier alpha value is -1.22. The minimum absolute atomic E-state index is 0.0261. The van der Waals surface area contributed by atoms with E-state index in [1.807, 2.05) is 4.90 Å². The number of hydrogen-bond acceptors (Lipinski definition) is 8. The van der Waals surface area contributed by atoms with Crippen molar-refractivity contribution in [2.24, 2.45) is 0 Å². The van der Waals surface area contributed by atoms with Crippen LogP contribution in [0.15, 0.2) is 0 Å². The summed E-state index contributed by atoms with van der Waals surface area (Å²) < 4.78 is 10.9. The molecule has 2 saturated heterocycles. The third-order valence-electron chi connectivity index (χ3n) is 4.17. The van der Waals surface area contributed by atoms with Gasteiger partial charge in [-0.1, -0.05) is 0 Å². The van der Waals surface area contributed by atoms with Crippen LogP contribution in [-0.4, -0.2) is 77.8 Å². The average molecular weight is 344 g/mol. The van der Waals surface area contributed by atoms with Crippen LogP contribution >= 0.6 is 11.6 Å². The van der Waals surface area contributed by atoms with Crippen molar-refractivity contribution in [1.29, 1.82) is 0 Å². The zero-order chi connectivity index (χ0) is 16.4. The highest BCUT2D eigenvalue weighted by atomic mass is 35.5. The normalized spacial score (nSPS) is 24.8. The number of nitrogens with zero attached hydrogens (tertiary/aromatic N) is 5. The van der Waals surface area contributed by atoms with E-state index >= 15 is 0 Å². The molecule has 8 nitrogen and oxygen atoms in total. The maximum Gasteiger partial charge on any atom is 0.232 e. The van der Waals surface area contributed by atoms with Gasteiger partial charge in [0.05, 0.1) is 44.6 Å². The first kappa shape index (κ1) is 16.6. The largest absolute Gasteiger partial charge is 0.394 e. The van der Waals surface area contributed by atoms with Crippen LogP contribution in [0.5, 0.6) is 0 Å². The SMILES string of the molecule is CC1(C)COCCN1c1nc(Cl)nc(N2CCOC[C@H]2CO)n1. The van der Waals surface area contributed by atoms with Crippen LogP contribution in [0.25, 0.3) is 0 Å². The van der Waals surface area contributed by atoms with Crippen LogP contribution in [0.3, 0.4) is 0 Å². The van der Waals surface area contributed by atoms with Crippen molar-refractivity contribution in [3.8, 4) is 0 Å². The molecule has 0 unspecified atom stereocenters. The lowest BCUT2D eigenvalue weighted by Gasteiger charge is -2.42. The predicted octanol–water partition coefficient (Wildman–Crippen LogP) is 0.338. The Morgan fingerprint density at radius 1 is 1.17 bits per heavy atom. The molecule has 3 heterocycles. The summed E-state index contributed by atoms with van der Waals surface area (Å²) in [4.78, 5) is 17.1. The molecule has 0 bridgehead atoms. The number of rotatable bonds is 3. The number of halogens is 1. The molecule has 0 aliphatic carbocycles. The first-order valence-electron chi connectivity index (χ1n) is 7.73. The van der Waals surface area contributed by atoms with E-state index in [0.29, 0.717) is 51.4 Å². The second kappa shape index (κ2) is 6.72. The molecule has 2 fully saturated rings. The van der Waals surface area contributed by atoms with Crippen molar-refractivity contribution < 1.29 is 14.6 Å². The van der Waals surface area contributed by atoms with Gasteiger partial charge < -0.3 is 24.4 Å². The highest BCUT2D eigenvalue weighted by Crippen LogP contribution is 2.27. The summed E-state index contributed by atoms with van der Waals surface area (Å²) in [6, 6.07) is -0.173. The summed E-state index contributed by atoms with van der Waals surface area (Å²) in [6.07, 6.45) is 0. The van der Waals surface area contributed by atoms with Crippen molar-refractivity contribution in [3.05, 3.63) is 5.28 Å². The summed E-state index contributed by atoms with van der Waals surface area (Å²) in [5.74, 6) is 1.01. The summed E-state index contributed by atoms with van der Waals surface area (Å²) in [5.41, 5.74) is -0.221. The van der Waals surface area contributed by atoms with E-state index in [-0.39, 0.29) is 23.5 Å². The number of anilines is 2. The number of hydrogen-bond donors (Lipinski definition) is 1. The van der Waals surface area contributed by atoms with Gasteiger partial charge in [-0.05, 0) is 25.4 Å². The molecule has 9 heteroatoms. The number of aliphatic hydroxyl groups excluding tert-OH is 1. The molecule has 1 aromatic heterocycles. The molecule has 1 aromatic rings. The zero-order valence-electron chi connectivity index (χ0n) is 13.4. The minimum Gasteiger partial charge on any atom is -0.394 e. The Kier molecular flexibility index (Phi) is 4.86. The molecule has 2 aliphatic heterocycles. The summed E-state index contributed by atoms with van der Waals surface area (Å²) in [7, 11) is 0. The fourth-order valence-corrected chi connectivity index (χ4v) is 3.03. The Labute approximate surface area is 140 Å². The van der Waals surface area contributed by atoms with Gasteiger partial charge in [0.1, 0.15) is 0 Å². The van der Waals surface area contributed by atoms with Crippen LogP contribution < -0.4 is 9.80 Å². The van der Waals surface area contributed by atoms with E-state index < -0.39 is 0 Å². The lowest BCUT2D eigenvalue weighted by atomic mass is 10.0. The molecule has 0 radical (unpaired) electrons. The zero-order valence-corrected chi connectivity index (χ0v) is 14.2. The van der Waals surface area contributed by atoms with Crippen molar-refractivity contribution >= 4 is 23.5 Å². The summed E-state index contributed by atoms with van der Waals surface area (Å²) in [5, 5.41) is 9.69. The van der Waals surface area contributed by atoms with Gasteiger partial charge in [0.2, 0.25) is 17.2 Å². The summed E-state index contributed by atoms with van der Waals surface area (Å²) >= 11 is 6.13. The molecule has 1 atom stereocenters. The molecule has 0 spiro atoms. The molecule has 0 aromatic carbocycles. The van der Waals surface area contributed by atoms with Gasteiger partial charge in [-0.3, -0.25) is 0 Å². The van der Waals surface area contributed by atoms with Crippen molar-refractivity contribution in [1.82, 2.24) is 15.0 Å². The van der Waals surface area contributed by atoms with Gasteiger partial charge in [-0.25, -0.2) is 0 Å². The molecule has 0 saturated carbocycles. The van der Waals surface area contributed by atoms with Gasteiger partial charge in [0.15, 0.2) is 0 Å². The molecular formula is C14H22ClN5O3. The van der Waals surface area contributed by atoms with Crippen LogP contribution in [0, 0.1) is 0 Å². The minimum atomic E-state index is -0.221. The standard InChI is InChI=1S/C14H22ClN5O3/c1-14(2)9-23-6-4-20(14)13-17-11(15)16-12(18-13)19-3-5-22-8-10(19)7-21/h10,21H,3-9H2,1-2H3/t10-/m1/s1. The van der Waals surface area contributed by atoms with Crippen LogP contribution in [0.4, 0.5) is 11.9 Å². The van der Waals surface area contributed by atoms with E-state index in [9.17, 15) is 5.11 Å². The third-order valence-corrected chi connectivity index (χ3v) is 4.34. The molecule has 3 rings (SSSR count). The van der Waals surface area contributed by atoms with Gasteiger partial charge in [-0.2, -0.15) is 15.0 Å². The monoisotopic (exact) mass is 343 g/mol. The molecule has 1 N–H and O–H groups in total. The number of aromatic nitrogens is 3. The van der Waals surface area contributed by atoms with Crippen molar-refractivity contribution in [3.63, 3.8) is 0 Å². The van der Waals surface area contributed by atoms with Gasteiger partial charge in [0.25, 0.3) is 0 Å². The second-order valence-electron chi connectivity index (χ2n) is 6.33. The number of morpholine rings is 2. The highest BCUT2D eigenvalue weighted by molar-refractivity contribution is 6.28. The lowest BCUT2D eigenvalue weighted by Crippen LogP contribution is -2.54. The first-order chi connectivity index (χ1) is 11.0. The Morgan fingerprint density at radius 2 is 1.91 bits per heavy atom. The molecule has 2 aliphatic rings. The second-order valence-corrected chi connectivity index (χ2v) is 6.66. The highest BCUT2D eigenvalue weighted by Gasteiger charge is 2.34. The fraction of sp³-hybridized carbons (Fsp3) is 0.786.